The van der Waals surface area contributed by atoms with Gasteiger partial charge in [-0.3, -0.25) is 9.52 Å². The van der Waals surface area contributed by atoms with E-state index in [0.717, 1.165) is 4.31 Å². The van der Waals surface area contributed by atoms with E-state index in [1.807, 2.05) is 0 Å². The summed E-state index contributed by atoms with van der Waals surface area (Å²) in [6.45, 7) is -0.117. The monoisotopic (exact) mass is 289 g/mol. The molecule has 1 heterocycles. The summed E-state index contributed by atoms with van der Waals surface area (Å²) in [6, 6.07) is 3.00. The van der Waals surface area contributed by atoms with Gasteiger partial charge in [-0.05, 0) is 6.07 Å². The molecule has 0 saturated carbocycles. The molecule has 0 aliphatic carbocycles. The average Bonchev–Trinajstić information content (AvgIpc) is 2.36. The molecule has 0 radical (unpaired) electrons. The molecule has 1 aromatic heterocycles. The summed E-state index contributed by atoms with van der Waals surface area (Å²) in [7, 11) is -1.05. The molecule has 0 unspecified atom stereocenters. The number of carboxylic acid groups (broad SMARTS) is 1. The van der Waals surface area contributed by atoms with Gasteiger partial charge in [0.2, 0.25) is 5.88 Å². The Morgan fingerprint density at radius 1 is 1.53 bits per heavy atom. The number of pyridine rings is 1. The van der Waals surface area contributed by atoms with Crippen molar-refractivity contribution in [3.8, 4) is 5.88 Å². The zero-order chi connectivity index (χ0) is 14.5. The normalized spacial score (nSPS) is 11.3. The van der Waals surface area contributed by atoms with Crippen LogP contribution in [0.3, 0.4) is 0 Å². The van der Waals surface area contributed by atoms with Crippen molar-refractivity contribution in [1.29, 1.82) is 0 Å². The maximum absolute atomic E-state index is 11.8. The predicted octanol–water partition coefficient (Wildman–Crippen LogP) is 0.153. The van der Waals surface area contributed by atoms with Crippen LogP contribution in [0, 0.1) is 0 Å². The van der Waals surface area contributed by atoms with Crippen molar-refractivity contribution < 1.29 is 23.1 Å². The Balaban J connectivity index is 2.69. The first kappa shape index (κ1) is 15.2. The number of aromatic nitrogens is 1. The molecule has 0 amide bonds. The lowest BCUT2D eigenvalue weighted by molar-refractivity contribution is -0.137. The summed E-state index contributed by atoms with van der Waals surface area (Å²) in [5, 5.41) is 8.51. The van der Waals surface area contributed by atoms with Crippen LogP contribution in [0.15, 0.2) is 18.3 Å². The maximum Gasteiger partial charge on any atom is 0.304 e. The number of anilines is 1. The van der Waals surface area contributed by atoms with Gasteiger partial charge >= 0.3 is 16.2 Å². The maximum atomic E-state index is 11.8. The molecule has 9 heteroatoms. The molecule has 19 heavy (non-hydrogen) atoms. The Kier molecular flexibility index (Phi) is 5.07. The molecule has 1 rings (SSSR count). The van der Waals surface area contributed by atoms with Crippen molar-refractivity contribution in [1.82, 2.24) is 9.29 Å². The fourth-order valence-corrected chi connectivity index (χ4v) is 2.07. The van der Waals surface area contributed by atoms with E-state index in [4.69, 9.17) is 9.84 Å². The van der Waals surface area contributed by atoms with Crippen molar-refractivity contribution in [2.75, 3.05) is 25.4 Å². The second kappa shape index (κ2) is 6.34. The number of carbonyl (C=O) groups is 1. The van der Waals surface area contributed by atoms with E-state index in [-0.39, 0.29) is 18.7 Å². The standard InChI is InChI=1S/C10H15N3O5S/c1-13(6-5-10(14)15)19(16,17)12-8-3-4-9(18-2)11-7-8/h3-4,7,12H,5-6H2,1-2H3,(H,14,15). The number of methoxy groups -OCH3 is 1. The number of carboxylic acids is 1. The number of hydrogen-bond acceptors (Lipinski definition) is 5. The van der Waals surface area contributed by atoms with Gasteiger partial charge in [0.25, 0.3) is 0 Å². The zero-order valence-electron chi connectivity index (χ0n) is 10.5. The lowest BCUT2D eigenvalue weighted by atomic mass is 10.4. The average molecular weight is 289 g/mol. The first-order valence-electron chi connectivity index (χ1n) is 5.31. The molecule has 1 aromatic rings. The number of aliphatic carboxylic acids is 1. The Morgan fingerprint density at radius 3 is 2.68 bits per heavy atom. The number of hydrogen-bond donors (Lipinski definition) is 2. The highest BCUT2D eigenvalue weighted by molar-refractivity contribution is 7.90. The van der Waals surface area contributed by atoms with Gasteiger partial charge in [-0.25, -0.2) is 4.98 Å². The predicted molar refractivity (Wildman–Crippen MR) is 68.2 cm³/mol. The molecule has 0 aliphatic rings. The van der Waals surface area contributed by atoms with E-state index in [2.05, 4.69) is 9.71 Å². The quantitative estimate of drug-likeness (QED) is 0.739. The first-order valence-corrected chi connectivity index (χ1v) is 6.75. The lowest BCUT2D eigenvalue weighted by Crippen LogP contribution is -2.34. The third-order valence-corrected chi connectivity index (χ3v) is 3.74. The Hall–Kier alpha value is -1.87. The molecule has 106 valence electrons. The van der Waals surface area contributed by atoms with Gasteiger partial charge in [0, 0.05) is 19.7 Å². The van der Waals surface area contributed by atoms with Gasteiger partial charge in [0.15, 0.2) is 0 Å². The summed E-state index contributed by atoms with van der Waals surface area (Å²) in [5.41, 5.74) is 0.267. The fourth-order valence-electron chi connectivity index (χ4n) is 1.16. The van der Waals surface area contributed by atoms with Crippen molar-refractivity contribution in [2.45, 2.75) is 6.42 Å². The third kappa shape index (κ3) is 4.72. The smallest absolute Gasteiger partial charge is 0.304 e. The highest BCUT2D eigenvalue weighted by Crippen LogP contribution is 2.13. The summed E-state index contributed by atoms with van der Waals surface area (Å²) < 4.78 is 31.7. The molecular weight excluding hydrogens is 274 g/mol. The summed E-state index contributed by atoms with van der Waals surface area (Å²) >= 11 is 0. The number of ether oxygens (including phenoxy) is 1. The summed E-state index contributed by atoms with van der Waals surface area (Å²) in [4.78, 5) is 14.2. The van der Waals surface area contributed by atoms with E-state index in [0.29, 0.717) is 5.88 Å². The van der Waals surface area contributed by atoms with E-state index < -0.39 is 16.2 Å². The minimum absolute atomic E-state index is 0.117. The molecule has 0 aromatic carbocycles. The molecule has 0 bridgehead atoms. The van der Waals surface area contributed by atoms with Crippen LogP contribution in [0.1, 0.15) is 6.42 Å². The molecule has 8 nitrogen and oxygen atoms in total. The van der Waals surface area contributed by atoms with Crippen LogP contribution in [0.5, 0.6) is 5.88 Å². The second-order valence-corrected chi connectivity index (χ2v) is 5.44. The molecular formula is C10H15N3O5S. The van der Waals surface area contributed by atoms with Crippen molar-refractivity contribution >= 4 is 21.9 Å². The van der Waals surface area contributed by atoms with Gasteiger partial charge in [-0.15, -0.1) is 0 Å². The highest BCUT2D eigenvalue weighted by atomic mass is 32.2. The second-order valence-electron chi connectivity index (χ2n) is 3.66. The van der Waals surface area contributed by atoms with Gasteiger partial charge < -0.3 is 9.84 Å². The van der Waals surface area contributed by atoms with Gasteiger partial charge in [-0.1, -0.05) is 0 Å². The van der Waals surface area contributed by atoms with Gasteiger partial charge in [0.05, 0.1) is 25.4 Å². The van der Waals surface area contributed by atoms with E-state index >= 15 is 0 Å². The Labute approximate surface area is 111 Å². The highest BCUT2D eigenvalue weighted by Gasteiger charge is 2.18. The molecule has 0 fully saturated rings. The Morgan fingerprint density at radius 2 is 2.21 bits per heavy atom. The van der Waals surface area contributed by atoms with Crippen molar-refractivity contribution in [3.63, 3.8) is 0 Å². The molecule has 0 saturated heterocycles. The van der Waals surface area contributed by atoms with Crippen molar-refractivity contribution in [2.24, 2.45) is 0 Å². The minimum atomic E-state index is -3.79. The summed E-state index contributed by atoms with van der Waals surface area (Å²) in [6.07, 6.45) is 1.04. The molecule has 0 atom stereocenters. The van der Waals surface area contributed by atoms with Crippen LogP contribution >= 0.6 is 0 Å². The van der Waals surface area contributed by atoms with Crippen LogP contribution in [0.25, 0.3) is 0 Å². The first-order chi connectivity index (χ1) is 8.85. The van der Waals surface area contributed by atoms with Crippen molar-refractivity contribution in [3.05, 3.63) is 18.3 Å². The van der Waals surface area contributed by atoms with Crippen LogP contribution in [-0.2, 0) is 15.0 Å². The largest absolute Gasteiger partial charge is 0.481 e. The Bertz CT molecular complexity index is 529. The molecule has 2 N–H and O–H groups in total. The van der Waals surface area contributed by atoms with Crippen LogP contribution in [-0.4, -0.2) is 49.5 Å². The van der Waals surface area contributed by atoms with Crippen LogP contribution in [0.2, 0.25) is 0 Å². The van der Waals surface area contributed by atoms with E-state index in [1.165, 1.54) is 32.5 Å². The zero-order valence-corrected chi connectivity index (χ0v) is 11.3. The lowest BCUT2D eigenvalue weighted by Gasteiger charge is -2.17. The van der Waals surface area contributed by atoms with Crippen LogP contribution < -0.4 is 9.46 Å². The van der Waals surface area contributed by atoms with Crippen LogP contribution in [0.4, 0.5) is 5.69 Å². The van der Waals surface area contributed by atoms with E-state index in [1.54, 1.807) is 0 Å². The summed E-state index contributed by atoms with van der Waals surface area (Å²) in [5.74, 6) is -0.699. The number of nitrogens with one attached hydrogen (secondary N) is 1. The minimum Gasteiger partial charge on any atom is -0.481 e. The SMILES string of the molecule is COc1ccc(NS(=O)(=O)N(C)CCC(=O)O)cn1. The van der Waals surface area contributed by atoms with Gasteiger partial charge in [-0.2, -0.15) is 12.7 Å². The topological polar surface area (TPSA) is 109 Å². The molecule has 0 aliphatic heterocycles. The van der Waals surface area contributed by atoms with Gasteiger partial charge in [0.1, 0.15) is 0 Å². The van der Waals surface area contributed by atoms with E-state index in [9.17, 15) is 13.2 Å². The third-order valence-electron chi connectivity index (χ3n) is 2.24. The number of nitrogens with zero attached hydrogens (tertiary/aromatic N) is 2. The number of rotatable bonds is 7. The molecule has 0 spiro atoms. The fraction of sp³-hybridized carbons (Fsp3) is 0.400.